The fourth-order valence-corrected chi connectivity index (χ4v) is 3.87. The Morgan fingerprint density at radius 2 is 1.86 bits per heavy atom. The number of benzene rings is 1. The second-order valence-corrected chi connectivity index (χ2v) is 7.22. The van der Waals surface area contributed by atoms with Crippen LogP contribution in [0, 0.1) is 17.6 Å². The summed E-state index contributed by atoms with van der Waals surface area (Å²) in [7, 11) is 0. The molecule has 1 amide bonds. The van der Waals surface area contributed by atoms with Crippen LogP contribution in [0.15, 0.2) is 12.1 Å². The van der Waals surface area contributed by atoms with E-state index < -0.39 is 17.7 Å². The van der Waals surface area contributed by atoms with Gasteiger partial charge in [0.05, 0.1) is 5.69 Å². The average Bonchev–Trinajstić information content (AvgIpc) is 2.44. The zero-order chi connectivity index (χ0) is 16.3. The predicted molar refractivity (Wildman–Crippen MR) is 85.9 cm³/mol. The van der Waals surface area contributed by atoms with Gasteiger partial charge in [0.15, 0.2) is 0 Å². The Labute approximate surface area is 133 Å². The number of nitrogens with zero attached hydrogens (tertiary/aromatic N) is 1. The van der Waals surface area contributed by atoms with Crippen molar-refractivity contribution in [1.29, 1.82) is 0 Å². The third kappa shape index (κ3) is 3.91. The highest BCUT2D eigenvalue weighted by Gasteiger charge is 2.25. The lowest BCUT2D eigenvalue weighted by Crippen LogP contribution is -2.33. The van der Waals surface area contributed by atoms with Gasteiger partial charge in [-0.2, -0.15) is 11.8 Å². The molecule has 0 spiro atoms. The minimum Gasteiger partial charge on any atom is -0.465 e. The van der Waals surface area contributed by atoms with Crippen molar-refractivity contribution < 1.29 is 18.7 Å². The average molecular weight is 329 g/mol. The summed E-state index contributed by atoms with van der Waals surface area (Å²) in [5, 5.41) is 9.25. The van der Waals surface area contributed by atoms with E-state index in [0.717, 1.165) is 41.4 Å². The van der Waals surface area contributed by atoms with Crippen LogP contribution >= 0.6 is 11.8 Å². The number of amides is 1. The summed E-state index contributed by atoms with van der Waals surface area (Å²) in [5.74, 6) is 0.486. The van der Waals surface area contributed by atoms with Crippen LogP contribution in [-0.2, 0) is 0 Å². The van der Waals surface area contributed by atoms with Gasteiger partial charge in [-0.25, -0.2) is 13.6 Å². The third-order valence-electron chi connectivity index (χ3n) is 3.78. The predicted octanol–water partition coefficient (Wildman–Crippen LogP) is 4.72. The first-order chi connectivity index (χ1) is 10.4. The second kappa shape index (κ2) is 7.31. The SMILES string of the molecule is CC(C)CN(C(=O)O)c1cc(F)c(C2CCSCC2)c(F)c1. The molecule has 0 aliphatic carbocycles. The van der Waals surface area contributed by atoms with E-state index >= 15 is 0 Å². The molecule has 6 heteroatoms. The molecule has 1 fully saturated rings. The maximum Gasteiger partial charge on any atom is 0.411 e. The smallest absolute Gasteiger partial charge is 0.411 e. The molecule has 22 heavy (non-hydrogen) atoms. The summed E-state index contributed by atoms with van der Waals surface area (Å²) >= 11 is 1.79. The largest absolute Gasteiger partial charge is 0.465 e. The number of anilines is 1. The maximum atomic E-state index is 14.4. The van der Waals surface area contributed by atoms with Gasteiger partial charge in [0.1, 0.15) is 11.6 Å². The van der Waals surface area contributed by atoms with Crippen LogP contribution in [0.5, 0.6) is 0 Å². The van der Waals surface area contributed by atoms with Crippen LogP contribution in [0.1, 0.15) is 38.2 Å². The lowest BCUT2D eigenvalue weighted by Gasteiger charge is -2.25. The quantitative estimate of drug-likeness (QED) is 0.869. The molecule has 2 rings (SSSR count). The third-order valence-corrected chi connectivity index (χ3v) is 4.83. The summed E-state index contributed by atoms with van der Waals surface area (Å²) in [5.41, 5.74) is 0.170. The Hall–Kier alpha value is -1.30. The Morgan fingerprint density at radius 3 is 2.32 bits per heavy atom. The van der Waals surface area contributed by atoms with E-state index in [9.17, 15) is 18.7 Å². The lowest BCUT2D eigenvalue weighted by atomic mass is 9.92. The normalized spacial score (nSPS) is 16.0. The van der Waals surface area contributed by atoms with Crippen LogP contribution < -0.4 is 4.90 Å². The molecule has 1 N–H and O–H groups in total. The summed E-state index contributed by atoms with van der Waals surface area (Å²) in [6.45, 7) is 3.92. The molecule has 3 nitrogen and oxygen atoms in total. The van der Waals surface area contributed by atoms with Gasteiger partial charge in [-0.15, -0.1) is 0 Å². The molecule has 0 radical (unpaired) electrons. The van der Waals surface area contributed by atoms with Gasteiger partial charge in [-0.05, 0) is 48.3 Å². The van der Waals surface area contributed by atoms with E-state index in [1.165, 1.54) is 0 Å². The fourth-order valence-electron chi connectivity index (χ4n) is 2.76. The number of halogens is 2. The number of carbonyl (C=O) groups is 1. The standard InChI is InChI=1S/C16H21F2NO2S/c1-10(2)9-19(16(20)21)12-7-13(17)15(14(18)8-12)11-3-5-22-6-4-11/h7-8,10-11H,3-6,9H2,1-2H3,(H,20,21). The molecular weight excluding hydrogens is 308 g/mol. The molecular formula is C16H21F2NO2S. The Balaban J connectivity index is 2.33. The van der Waals surface area contributed by atoms with Gasteiger partial charge in [0, 0.05) is 12.1 Å². The number of thioether (sulfide) groups is 1. The van der Waals surface area contributed by atoms with Gasteiger partial charge in [-0.3, -0.25) is 4.90 Å². The molecule has 1 aromatic carbocycles. The number of hydrogen-bond donors (Lipinski definition) is 1. The molecule has 0 aromatic heterocycles. The van der Waals surface area contributed by atoms with Crippen molar-refractivity contribution in [1.82, 2.24) is 0 Å². The Kier molecular flexibility index (Phi) is 5.67. The van der Waals surface area contributed by atoms with E-state index in [4.69, 9.17) is 0 Å². The van der Waals surface area contributed by atoms with Gasteiger partial charge in [0.2, 0.25) is 0 Å². The monoisotopic (exact) mass is 329 g/mol. The van der Waals surface area contributed by atoms with Gasteiger partial charge < -0.3 is 5.11 Å². The Morgan fingerprint density at radius 1 is 1.32 bits per heavy atom. The number of carboxylic acid groups (broad SMARTS) is 1. The minimum absolute atomic E-state index is 0.0603. The van der Waals surface area contributed by atoms with E-state index in [0.29, 0.717) is 0 Å². The van der Waals surface area contributed by atoms with E-state index in [1.54, 1.807) is 11.8 Å². The maximum absolute atomic E-state index is 14.4. The highest BCUT2D eigenvalue weighted by atomic mass is 32.2. The molecule has 0 bridgehead atoms. The van der Waals surface area contributed by atoms with Crippen LogP contribution in [-0.4, -0.2) is 29.3 Å². The Bertz CT molecular complexity index is 522. The molecule has 1 saturated heterocycles. The molecule has 0 unspecified atom stereocenters. The molecule has 0 saturated carbocycles. The van der Waals surface area contributed by atoms with E-state index in [2.05, 4.69) is 0 Å². The van der Waals surface area contributed by atoms with Crippen LogP contribution in [0.25, 0.3) is 0 Å². The summed E-state index contributed by atoms with van der Waals surface area (Å²) in [6.07, 6.45) is 0.313. The minimum atomic E-state index is -1.20. The number of hydrogen-bond acceptors (Lipinski definition) is 2. The first-order valence-electron chi connectivity index (χ1n) is 7.47. The van der Waals surface area contributed by atoms with Crippen molar-refractivity contribution in [3.05, 3.63) is 29.3 Å². The lowest BCUT2D eigenvalue weighted by molar-refractivity contribution is 0.201. The zero-order valence-electron chi connectivity index (χ0n) is 12.8. The van der Waals surface area contributed by atoms with E-state index in [1.807, 2.05) is 13.8 Å². The van der Waals surface area contributed by atoms with Crippen LogP contribution in [0.2, 0.25) is 0 Å². The molecule has 122 valence electrons. The van der Waals surface area contributed by atoms with Gasteiger partial charge in [-0.1, -0.05) is 13.8 Å². The molecule has 1 aliphatic rings. The van der Waals surface area contributed by atoms with Crippen molar-refractivity contribution in [2.75, 3.05) is 23.0 Å². The molecule has 0 atom stereocenters. The first-order valence-corrected chi connectivity index (χ1v) is 8.62. The van der Waals surface area contributed by atoms with Gasteiger partial charge >= 0.3 is 6.09 Å². The highest BCUT2D eigenvalue weighted by Crippen LogP contribution is 2.36. The fraction of sp³-hybridized carbons (Fsp3) is 0.562. The highest BCUT2D eigenvalue weighted by molar-refractivity contribution is 7.99. The van der Waals surface area contributed by atoms with Crippen molar-refractivity contribution in [3.63, 3.8) is 0 Å². The molecule has 1 aliphatic heterocycles. The van der Waals surface area contributed by atoms with Crippen LogP contribution in [0.4, 0.5) is 19.3 Å². The van der Waals surface area contributed by atoms with Crippen molar-refractivity contribution in [2.45, 2.75) is 32.6 Å². The number of rotatable bonds is 4. The molecule has 1 aromatic rings. The van der Waals surface area contributed by atoms with Crippen molar-refractivity contribution >= 4 is 23.5 Å². The van der Waals surface area contributed by atoms with E-state index in [-0.39, 0.29) is 29.6 Å². The molecule has 1 heterocycles. The first kappa shape index (κ1) is 17.1. The van der Waals surface area contributed by atoms with Gasteiger partial charge in [0.25, 0.3) is 0 Å². The van der Waals surface area contributed by atoms with Crippen molar-refractivity contribution in [2.24, 2.45) is 5.92 Å². The summed E-state index contributed by atoms with van der Waals surface area (Å²) in [6, 6.07) is 2.30. The topological polar surface area (TPSA) is 40.5 Å². The second-order valence-electron chi connectivity index (χ2n) is 6.00. The van der Waals surface area contributed by atoms with Crippen LogP contribution in [0.3, 0.4) is 0 Å². The zero-order valence-corrected chi connectivity index (χ0v) is 13.6. The summed E-state index contributed by atoms with van der Waals surface area (Å²) < 4.78 is 28.8. The summed E-state index contributed by atoms with van der Waals surface area (Å²) in [4.78, 5) is 12.3. The van der Waals surface area contributed by atoms with Crippen molar-refractivity contribution in [3.8, 4) is 0 Å².